The second-order valence-electron chi connectivity index (χ2n) is 7.93. The topological polar surface area (TPSA) is 96.2 Å². The summed E-state index contributed by atoms with van der Waals surface area (Å²) in [6.45, 7) is 5.17. The van der Waals surface area contributed by atoms with E-state index in [4.69, 9.17) is 4.99 Å². The Morgan fingerprint density at radius 2 is 2.10 bits per heavy atom. The van der Waals surface area contributed by atoms with Crippen LogP contribution in [0, 0.1) is 0 Å². The fourth-order valence-electron chi connectivity index (χ4n) is 4.23. The van der Waals surface area contributed by atoms with Gasteiger partial charge >= 0.3 is 0 Å². The number of aryl methyl sites for hydroxylation is 1. The molecule has 2 aliphatic rings. The van der Waals surface area contributed by atoms with E-state index in [-0.39, 0.29) is 35.8 Å². The molecule has 8 nitrogen and oxygen atoms in total. The number of anilines is 1. The molecule has 1 aromatic carbocycles. The zero-order valence-electron chi connectivity index (χ0n) is 18.1. The molecule has 3 N–H and O–H groups in total. The van der Waals surface area contributed by atoms with Crippen molar-refractivity contribution in [2.24, 2.45) is 4.99 Å². The highest BCUT2D eigenvalue weighted by molar-refractivity contribution is 14.0. The highest BCUT2D eigenvalue weighted by Gasteiger charge is 2.24. The number of nitrogens with one attached hydrogen (secondary N) is 3. The lowest BCUT2D eigenvalue weighted by Gasteiger charge is -2.24. The summed E-state index contributed by atoms with van der Waals surface area (Å²) in [6, 6.07) is 7.99. The number of benzene rings is 1. The molecule has 4 rings (SSSR count). The molecule has 9 heteroatoms. The molecule has 0 spiro atoms. The highest BCUT2D eigenvalue weighted by atomic mass is 127. The van der Waals surface area contributed by atoms with Gasteiger partial charge in [0.15, 0.2) is 5.96 Å². The number of aromatic nitrogens is 3. The maximum Gasteiger partial charge on any atom is 0.225 e. The third-order valence-corrected chi connectivity index (χ3v) is 5.75. The second-order valence-corrected chi connectivity index (χ2v) is 7.93. The minimum Gasteiger partial charge on any atom is -0.357 e. The predicted octanol–water partition coefficient (Wildman–Crippen LogP) is 2.85. The molecule has 2 aliphatic heterocycles. The number of carbonyl (C=O) groups excluding carboxylic acids is 1. The number of hydrogen-bond donors (Lipinski definition) is 3. The van der Waals surface area contributed by atoms with Gasteiger partial charge in [-0.2, -0.15) is 0 Å². The van der Waals surface area contributed by atoms with Crippen LogP contribution in [0.15, 0.2) is 29.3 Å². The van der Waals surface area contributed by atoms with E-state index >= 15 is 0 Å². The molecule has 1 unspecified atom stereocenters. The predicted molar refractivity (Wildman–Crippen MR) is 133 cm³/mol. The van der Waals surface area contributed by atoms with Gasteiger partial charge in [-0.05, 0) is 31.4 Å². The fraction of sp³-hybridized carbons (Fsp3) is 0.545. The van der Waals surface area contributed by atoms with E-state index in [1.54, 1.807) is 0 Å². The Morgan fingerprint density at radius 1 is 1.23 bits per heavy atom. The second kappa shape index (κ2) is 11.4. The Kier molecular flexibility index (Phi) is 8.68. The Hall–Kier alpha value is -2.17. The Bertz CT molecular complexity index is 911. The number of hydrogen-bond acceptors (Lipinski definition) is 4. The molecular formula is C22H32IN7O. The zero-order valence-corrected chi connectivity index (χ0v) is 20.4. The van der Waals surface area contributed by atoms with Gasteiger partial charge in [0.25, 0.3) is 0 Å². The minimum atomic E-state index is 0. The Labute approximate surface area is 200 Å². The van der Waals surface area contributed by atoms with E-state index < -0.39 is 0 Å². The van der Waals surface area contributed by atoms with E-state index in [0.29, 0.717) is 13.0 Å². The van der Waals surface area contributed by atoms with Crippen molar-refractivity contribution in [1.29, 1.82) is 0 Å². The van der Waals surface area contributed by atoms with Crippen molar-refractivity contribution in [3.63, 3.8) is 0 Å². The first-order chi connectivity index (χ1) is 14.7. The van der Waals surface area contributed by atoms with Crippen molar-refractivity contribution in [2.45, 2.75) is 57.9 Å². The summed E-state index contributed by atoms with van der Waals surface area (Å²) < 4.78 is 2.29. The number of carbonyl (C=O) groups is 1. The van der Waals surface area contributed by atoms with Crippen LogP contribution in [-0.4, -0.2) is 46.3 Å². The summed E-state index contributed by atoms with van der Waals surface area (Å²) in [4.78, 5) is 16.8. The first-order valence-electron chi connectivity index (χ1n) is 11.1. The van der Waals surface area contributed by atoms with Gasteiger partial charge < -0.3 is 20.5 Å². The van der Waals surface area contributed by atoms with Crippen molar-refractivity contribution in [3.8, 4) is 0 Å². The van der Waals surface area contributed by atoms with Gasteiger partial charge in [-0.25, -0.2) is 0 Å². The molecule has 0 fully saturated rings. The van der Waals surface area contributed by atoms with Gasteiger partial charge in [0.2, 0.25) is 5.91 Å². The lowest BCUT2D eigenvalue weighted by molar-refractivity contribution is -0.116. The molecule has 1 atom stereocenters. The number of rotatable bonds is 6. The molecule has 2 aromatic rings. The highest BCUT2D eigenvalue weighted by Crippen LogP contribution is 2.31. The molecule has 1 amide bonds. The largest absolute Gasteiger partial charge is 0.357 e. The number of amides is 1. The quantitative estimate of drug-likeness (QED) is 0.299. The van der Waals surface area contributed by atoms with Gasteiger partial charge in [-0.3, -0.25) is 9.79 Å². The summed E-state index contributed by atoms with van der Waals surface area (Å²) in [6.07, 6.45) is 5.97. The number of para-hydroxylation sites is 1. The summed E-state index contributed by atoms with van der Waals surface area (Å²) in [5.74, 6) is 3.10. The number of fused-ring (bicyclic) bond motifs is 2. The van der Waals surface area contributed by atoms with E-state index in [2.05, 4.69) is 43.7 Å². The summed E-state index contributed by atoms with van der Waals surface area (Å²) in [5, 5.41) is 18.4. The molecule has 0 bridgehead atoms. The van der Waals surface area contributed by atoms with Crippen LogP contribution in [-0.2, 0) is 24.2 Å². The van der Waals surface area contributed by atoms with Crippen molar-refractivity contribution >= 4 is 41.5 Å². The third kappa shape index (κ3) is 5.96. The minimum absolute atomic E-state index is 0. The molecular weight excluding hydrogens is 505 g/mol. The molecule has 168 valence electrons. The summed E-state index contributed by atoms with van der Waals surface area (Å²) in [7, 11) is 0. The van der Waals surface area contributed by atoms with Crippen molar-refractivity contribution in [2.75, 3.05) is 25.0 Å². The van der Waals surface area contributed by atoms with E-state index in [1.807, 2.05) is 18.2 Å². The van der Waals surface area contributed by atoms with Crippen LogP contribution in [0.3, 0.4) is 0 Å². The van der Waals surface area contributed by atoms with Crippen LogP contribution in [0.25, 0.3) is 0 Å². The third-order valence-electron chi connectivity index (χ3n) is 5.75. The number of nitrogens with zero attached hydrogens (tertiary/aromatic N) is 4. The smallest absolute Gasteiger partial charge is 0.225 e. The zero-order chi connectivity index (χ0) is 20.8. The molecule has 3 heterocycles. The van der Waals surface area contributed by atoms with Crippen molar-refractivity contribution < 1.29 is 4.79 Å². The Balaban J connectivity index is 0.00000272. The first kappa shape index (κ1) is 23.5. The molecule has 0 aliphatic carbocycles. The maximum absolute atomic E-state index is 12.0. The van der Waals surface area contributed by atoms with Crippen LogP contribution < -0.4 is 16.0 Å². The lowest BCUT2D eigenvalue weighted by Crippen LogP contribution is -2.39. The molecule has 0 radical (unpaired) electrons. The summed E-state index contributed by atoms with van der Waals surface area (Å²) in [5.41, 5.74) is 2.06. The average Bonchev–Trinajstić information content (AvgIpc) is 2.97. The molecule has 0 saturated carbocycles. The maximum atomic E-state index is 12.0. The van der Waals surface area contributed by atoms with Gasteiger partial charge in [0.1, 0.15) is 11.6 Å². The van der Waals surface area contributed by atoms with Crippen molar-refractivity contribution in [1.82, 2.24) is 25.4 Å². The van der Waals surface area contributed by atoms with Gasteiger partial charge in [-0.1, -0.05) is 24.6 Å². The van der Waals surface area contributed by atoms with E-state index in [9.17, 15) is 4.79 Å². The Morgan fingerprint density at radius 3 is 2.97 bits per heavy atom. The number of halogens is 1. The van der Waals surface area contributed by atoms with Crippen LogP contribution >= 0.6 is 24.0 Å². The monoisotopic (exact) mass is 537 g/mol. The van der Waals surface area contributed by atoms with E-state index in [0.717, 1.165) is 61.3 Å². The number of aliphatic imine (C=N–C) groups is 1. The number of guanidine groups is 1. The normalized spacial score (nSPS) is 18.2. The van der Waals surface area contributed by atoms with Gasteiger partial charge in [0, 0.05) is 50.5 Å². The van der Waals surface area contributed by atoms with Gasteiger partial charge in [-0.15, -0.1) is 34.2 Å². The summed E-state index contributed by atoms with van der Waals surface area (Å²) >= 11 is 0. The van der Waals surface area contributed by atoms with Crippen LogP contribution in [0.5, 0.6) is 0 Å². The lowest BCUT2D eigenvalue weighted by atomic mass is 9.91. The van der Waals surface area contributed by atoms with E-state index in [1.165, 1.54) is 19.3 Å². The standard InChI is InChI=1S/C22H31N7O.HI/c1-2-23-22(24-12-11-20-28-27-19-10-4-3-7-13-29(19)20)25-15-16-14-21(30)26-18-9-6-5-8-17(16)18;/h5-6,8-9,16H,2-4,7,10-15H2,1H3,(H,26,30)(H2,23,24,25);1H. The van der Waals surface area contributed by atoms with Gasteiger partial charge in [0.05, 0.1) is 6.54 Å². The SMILES string of the molecule is CCNC(=NCC1CC(=O)Nc2ccccc21)NCCc1nnc2n1CCCCC2.I. The molecule has 1 aromatic heterocycles. The van der Waals surface area contributed by atoms with Crippen LogP contribution in [0.1, 0.15) is 55.7 Å². The van der Waals surface area contributed by atoms with Crippen LogP contribution in [0.2, 0.25) is 0 Å². The first-order valence-corrected chi connectivity index (χ1v) is 11.1. The van der Waals surface area contributed by atoms with Crippen molar-refractivity contribution in [3.05, 3.63) is 41.5 Å². The fourth-order valence-corrected chi connectivity index (χ4v) is 4.23. The molecule has 31 heavy (non-hydrogen) atoms. The average molecular weight is 537 g/mol. The molecule has 0 saturated heterocycles. The van der Waals surface area contributed by atoms with Crippen LogP contribution in [0.4, 0.5) is 5.69 Å².